The van der Waals surface area contributed by atoms with Crippen LogP contribution in [0, 0.1) is 0 Å². The maximum Gasteiger partial charge on any atom is 0.213 e. The molecule has 0 saturated carbocycles. The van der Waals surface area contributed by atoms with Gasteiger partial charge in [0, 0.05) is 29.1 Å². The number of hydrogen-bond donors (Lipinski definition) is 2. The van der Waals surface area contributed by atoms with Crippen LogP contribution in [0.5, 0.6) is 5.88 Å². The molecule has 22 heavy (non-hydrogen) atoms. The number of nitrogen functional groups attached to an aromatic ring is 1. The molecular weight excluding hydrogens is 280 g/mol. The van der Waals surface area contributed by atoms with E-state index in [2.05, 4.69) is 25.6 Å². The van der Waals surface area contributed by atoms with E-state index in [4.69, 9.17) is 10.5 Å². The van der Waals surface area contributed by atoms with Crippen molar-refractivity contribution >= 4 is 5.69 Å². The number of tetrazole rings is 1. The van der Waals surface area contributed by atoms with Crippen LogP contribution in [0.2, 0.25) is 0 Å². The minimum Gasteiger partial charge on any atom is -0.475 e. The maximum atomic E-state index is 5.87. The Balaban J connectivity index is 2.01. The van der Waals surface area contributed by atoms with Crippen molar-refractivity contribution in [2.45, 2.75) is 20.0 Å². The number of rotatable bonds is 4. The molecule has 0 bridgehead atoms. The molecule has 0 amide bonds. The molecule has 0 saturated heterocycles. The van der Waals surface area contributed by atoms with E-state index in [1.807, 2.05) is 44.2 Å². The van der Waals surface area contributed by atoms with Gasteiger partial charge in [0.2, 0.25) is 11.7 Å². The highest BCUT2D eigenvalue weighted by atomic mass is 16.5. The van der Waals surface area contributed by atoms with Gasteiger partial charge in [-0.05, 0) is 42.8 Å². The predicted molar refractivity (Wildman–Crippen MR) is 83.0 cm³/mol. The van der Waals surface area contributed by atoms with Gasteiger partial charge in [0.15, 0.2) is 0 Å². The van der Waals surface area contributed by atoms with Crippen LogP contribution in [0.15, 0.2) is 36.5 Å². The van der Waals surface area contributed by atoms with E-state index in [0.717, 1.165) is 16.7 Å². The summed E-state index contributed by atoms with van der Waals surface area (Å²) in [4.78, 5) is 4.32. The SMILES string of the molecule is CC(C)Oc1ccc(-c2ccc(N)cc2-c2nn[nH]n2)cn1. The highest BCUT2D eigenvalue weighted by Crippen LogP contribution is 2.31. The van der Waals surface area contributed by atoms with E-state index >= 15 is 0 Å². The van der Waals surface area contributed by atoms with E-state index in [1.54, 1.807) is 6.20 Å². The van der Waals surface area contributed by atoms with Crippen LogP contribution in [0.3, 0.4) is 0 Å². The second-order valence-corrected chi connectivity index (χ2v) is 5.09. The third kappa shape index (κ3) is 2.88. The minimum absolute atomic E-state index is 0.0877. The number of aromatic amines is 1. The van der Waals surface area contributed by atoms with Crippen molar-refractivity contribution in [3.05, 3.63) is 36.5 Å². The van der Waals surface area contributed by atoms with Gasteiger partial charge in [0.25, 0.3) is 0 Å². The first-order chi connectivity index (χ1) is 10.6. The van der Waals surface area contributed by atoms with Gasteiger partial charge in [0.1, 0.15) is 0 Å². The lowest BCUT2D eigenvalue weighted by Crippen LogP contribution is -2.06. The van der Waals surface area contributed by atoms with Gasteiger partial charge in [0.05, 0.1) is 6.10 Å². The summed E-state index contributed by atoms with van der Waals surface area (Å²) in [6.07, 6.45) is 1.84. The predicted octanol–water partition coefficient (Wildman–Crippen LogP) is 2.30. The first-order valence-electron chi connectivity index (χ1n) is 6.90. The number of H-pyrrole nitrogens is 1. The summed E-state index contributed by atoms with van der Waals surface area (Å²) in [7, 11) is 0. The molecule has 2 heterocycles. The zero-order valence-corrected chi connectivity index (χ0v) is 12.3. The van der Waals surface area contributed by atoms with Crippen molar-refractivity contribution in [3.63, 3.8) is 0 Å². The van der Waals surface area contributed by atoms with Crippen LogP contribution in [-0.4, -0.2) is 31.7 Å². The normalized spacial score (nSPS) is 10.9. The summed E-state index contributed by atoms with van der Waals surface area (Å²) in [5.74, 6) is 1.08. The van der Waals surface area contributed by atoms with Crippen molar-refractivity contribution in [2.24, 2.45) is 0 Å². The highest BCUT2D eigenvalue weighted by Gasteiger charge is 2.12. The van der Waals surface area contributed by atoms with E-state index in [9.17, 15) is 0 Å². The second kappa shape index (κ2) is 5.80. The van der Waals surface area contributed by atoms with Crippen LogP contribution in [0.25, 0.3) is 22.5 Å². The Hall–Kier alpha value is -2.96. The number of nitrogens with one attached hydrogen (secondary N) is 1. The molecule has 7 nitrogen and oxygen atoms in total. The zero-order chi connectivity index (χ0) is 15.5. The van der Waals surface area contributed by atoms with Gasteiger partial charge in [-0.3, -0.25) is 0 Å². The molecule has 0 aliphatic heterocycles. The van der Waals surface area contributed by atoms with Gasteiger partial charge in [-0.1, -0.05) is 6.07 Å². The second-order valence-electron chi connectivity index (χ2n) is 5.09. The lowest BCUT2D eigenvalue weighted by molar-refractivity contribution is 0.232. The Kier molecular flexibility index (Phi) is 3.69. The van der Waals surface area contributed by atoms with Gasteiger partial charge in [-0.2, -0.15) is 5.21 Å². The minimum atomic E-state index is 0.0877. The summed E-state index contributed by atoms with van der Waals surface area (Å²) in [5.41, 5.74) is 9.16. The highest BCUT2D eigenvalue weighted by molar-refractivity contribution is 5.82. The van der Waals surface area contributed by atoms with Crippen LogP contribution < -0.4 is 10.5 Å². The first-order valence-corrected chi connectivity index (χ1v) is 6.90. The number of ether oxygens (including phenoxy) is 1. The van der Waals surface area contributed by atoms with Crippen molar-refractivity contribution < 1.29 is 4.74 Å². The third-order valence-electron chi connectivity index (χ3n) is 3.03. The van der Waals surface area contributed by atoms with Gasteiger partial charge in [-0.25, -0.2) is 4.98 Å². The number of nitrogens with zero attached hydrogens (tertiary/aromatic N) is 4. The molecule has 0 spiro atoms. The molecule has 3 N–H and O–H groups in total. The van der Waals surface area contributed by atoms with Crippen molar-refractivity contribution in [3.8, 4) is 28.4 Å². The Morgan fingerprint density at radius 1 is 1.14 bits per heavy atom. The molecule has 7 heteroatoms. The molecule has 3 rings (SSSR count). The Morgan fingerprint density at radius 2 is 2.00 bits per heavy atom. The number of benzene rings is 1. The lowest BCUT2D eigenvalue weighted by Gasteiger charge is -2.10. The summed E-state index contributed by atoms with van der Waals surface area (Å²) >= 11 is 0. The zero-order valence-electron chi connectivity index (χ0n) is 12.3. The molecule has 1 aromatic carbocycles. The molecule has 0 atom stereocenters. The van der Waals surface area contributed by atoms with Crippen LogP contribution in [0.1, 0.15) is 13.8 Å². The van der Waals surface area contributed by atoms with Gasteiger partial charge < -0.3 is 10.5 Å². The quantitative estimate of drug-likeness (QED) is 0.716. The molecule has 0 aliphatic rings. The first kappa shape index (κ1) is 14.0. The number of pyridine rings is 1. The molecule has 112 valence electrons. The van der Waals surface area contributed by atoms with E-state index < -0.39 is 0 Å². The molecule has 0 radical (unpaired) electrons. The fraction of sp³-hybridized carbons (Fsp3) is 0.200. The van der Waals surface area contributed by atoms with Crippen molar-refractivity contribution in [1.29, 1.82) is 0 Å². The summed E-state index contributed by atoms with van der Waals surface area (Å²) in [6.45, 7) is 3.92. The largest absolute Gasteiger partial charge is 0.475 e. The lowest BCUT2D eigenvalue weighted by atomic mass is 10.00. The van der Waals surface area contributed by atoms with Crippen LogP contribution in [-0.2, 0) is 0 Å². The molecular formula is C15H16N6O. The number of hydrogen-bond acceptors (Lipinski definition) is 6. The smallest absolute Gasteiger partial charge is 0.213 e. The van der Waals surface area contributed by atoms with Crippen molar-refractivity contribution in [1.82, 2.24) is 25.6 Å². The molecule has 2 aromatic heterocycles. The van der Waals surface area contributed by atoms with Gasteiger partial charge >= 0.3 is 0 Å². The Labute approximate surface area is 127 Å². The van der Waals surface area contributed by atoms with E-state index in [0.29, 0.717) is 17.4 Å². The van der Waals surface area contributed by atoms with Crippen LogP contribution in [0.4, 0.5) is 5.69 Å². The van der Waals surface area contributed by atoms with E-state index in [1.165, 1.54) is 0 Å². The Morgan fingerprint density at radius 3 is 2.64 bits per heavy atom. The summed E-state index contributed by atoms with van der Waals surface area (Å²) in [5, 5.41) is 14.1. The maximum absolute atomic E-state index is 5.87. The van der Waals surface area contributed by atoms with Crippen LogP contribution >= 0.6 is 0 Å². The number of aromatic nitrogens is 5. The summed E-state index contributed by atoms with van der Waals surface area (Å²) in [6, 6.07) is 9.35. The van der Waals surface area contributed by atoms with E-state index in [-0.39, 0.29) is 6.10 Å². The molecule has 0 unspecified atom stereocenters. The third-order valence-corrected chi connectivity index (χ3v) is 3.03. The average molecular weight is 296 g/mol. The number of nitrogens with two attached hydrogens (primary N) is 1. The summed E-state index contributed by atoms with van der Waals surface area (Å²) < 4.78 is 5.56. The monoisotopic (exact) mass is 296 g/mol. The fourth-order valence-electron chi connectivity index (χ4n) is 2.13. The fourth-order valence-corrected chi connectivity index (χ4v) is 2.13. The molecule has 0 aliphatic carbocycles. The average Bonchev–Trinajstić information content (AvgIpc) is 3.02. The number of anilines is 1. The molecule has 0 fully saturated rings. The van der Waals surface area contributed by atoms with Gasteiger partial charge in [-0.15, -0.1) is 10.2 Å². The standard InChI is InChI=1S/C15H16N6O/c1-9(2)22-14-6-3-10(8-17-14)12-5-4-11(16)7-13(12)15-18-20-21-19-15/h3-9H,16H2,1-2H3,(H,18,19,20,21). The van der Waals surface area contributed by atoms with Crippen molar-refractivity contribution in [2.75, 3.05) is 5.73 Å². The topological polar surface area (TPSA) is 103 Å². The molecule has 3 aromatic rings. The Bertz CT molecular complexity index is 752.